The predicted molar refractivity (Wildman–Crippen MR) is 69.0 cm³/mol. The molecule has 2 aliphatic carbocycles. The predicted octanol–water partition coefficient (Wildman–Crippen LogP) is 1.14. The summed E-state index contributed by atoms with van der Waals surface area (Å²) in [6.07, 6.45) is 6.52. The van der Waals surface area contributed by atoms with Crippen molar-refractivity contribution in [3.8, 4) is 0 Å². The van der Waals surface area contributed by atoms with Crippen LogP contribution in [0.3, 0.4) is 0 Å². The Labute approximate surface area is 109 Å². The van der Waals surface area contributed by atoms with Crippen LogP contribution in [0.4, 0.5) is 0 Å². The summed E-state index contributed by atoms with van der Waals surface area (Å²) in [5.74, 6) is 1.31. The number of ether oxygens (including phenoxy) is 1. The van der Waals surface area contributed by atoms with E-state index in [1.807, 2.05) is 0 Å². The molecule has 0 aromatic rings. The highest BCUT2D eigenvalue weighted by Crippen LogP contribution is 2.37. The molecular weight excluding hydrogens is 228 g/mol. The van der Waals surface area contributed by atoms with Crippen molar-refractivity contribution < 1.29 is 9.53 Å². The van der Waals surface area contributed by atoms with Crippen LogP contribution in [0.25, 0.3) is 0 Å². The van der Waals surface area contributed by atoms with Crippen molar-refractivity contribution in [1.29, 1.82) is 0 Å². The molecule has 1 heterocycles. The molecule has 0 unspecified atom stereocenters. The zero-order chi connectivity index (χ0) is 12.5. The molecular formula is C14H24N2O2. The summed E-state index contributed by atoms with van der Waals surface area (Å²) < 4.78 is 5.55. The van der Waals surface area contributed by atoms with Crippen molar-refractivity contribution in [2.45, 2.75) is 50.6 Å². The molecule has 0 radical (unpaired) electrons. The maximum atomic E-state index is 12.6. The van der Waals surface area contributed by atoms with Gasteiger partial charge >= 0.3 is 0 Å². The monoisotopic (exact) mass is 252 g/mol. The summed E-state index contributed by atoms with van der Waals surface area (Å²) in [6, 6.07) is 0.680. The van der Waals surface area contributed by atoms with Gasteiger partial charge in [-0.25, -0.2) is 0 Å². The zero-order valence-electron chi connectivity index (χ0n) is 11.0. The van der Waals surface area contributed by atoms with E-state index in [1.54, 1.807) is 0 Å². The molecule has 0 spiro atoms. The quantitative estimate of drug-likeness (QED) is 0.802. The van der Waals surface area contributed by atoms with E-state index in [4.69, 9.17) is 10.5 Å². The molecule has 4 heteroatoms. The first-order chi connectivity index (χ1) is 8.75. The van der Waals surface area contributed by atoms with Crippen LogP contribution in [-0.2, 0) is 9.53 Å². The fourth-order valence-corrected chi connectivity index (χ4v) is 3.37. The third-order valence-electron chi connectivity index (χ3n) is 4.74. The van der Waals surface area contributed by atoms with Gasteiger partial charge in [0, 0.05) is 18.5 Å². The molecule has 1 amide bonds. The molecule has 3 rings (SSSR count). The van der Waals surface area contributed by atoms with E-state index in [-0.39, 0.29) is 5.92 Å². The van der Waals surface area contributed by atoms with Gasteiger partial charge in [0.05, 0.1) is 19.3 Å². The SMILES string of the molecule is NC1CCC(C(=O)N2CCOC[C@@H]2C2CC2)CC1. The molecule has 1 aliphatic heterocycles. The lowest BCUT2D eigenvalue weighted by molar-refractivity contribution is -0.146. The highest BCUT2D eigenvalue weighted by molar-refractivity contribution is 5.79. The molecule has 4 nitrogen and oxygen atoms in total. The second-order valence-electron chi connectivity index (χ2n) is 6.12. The molecule has 102 valence electrons. The first-order valence-electron chi connectivity index (χ1n) is 7.39. The van der Waals surface area contributed by atoms with E-state index in [1.165, 1.54) is 12.8 Å². The molecule has 1 atom stereocenters. The Morgan fingerprint density at radius 1 is 1.11 bits per heavy atom. The van der Waals surface area contributed by atoms with Crippen LogP contribution in [-0.4, -0.2) is 42.6 Å². The summed E-state index contributed by atoms with van der Waals surface area (Å²) in [4.78, 5) is 14.8. The van der Waals surface area contributed by atoms with Crippen molar-refractivity contribution in [1.82, 2.24) is 4.90 Å². The minimum absolute atomic E-state index is 0.226. The first kappa shape index (κ1) is 12.4. The molecule has 0 aromatic heterocycles. The number of morpholine rings is 1. The average molecular weight is 252 g/mol. The third kappa shape index (κ3) is 2.54. The van der Waals surface area contributed by atoms with E-state index in [0.717, 1.165) is 38.8 Å². The average Bonchev–Trinajstić information content (AvgIpc) is 3.23. The van der Waals surface area contributed by atoms with Crippen LogP contribution in [0.15, 0.2) is 0 Å². The Bertz CT molecular complexity index is 309. The number of carbonyl (C=O) groups is 1. The lowest BCUT2D eigenvalue weighted by Crippen LogP contribution is -2.52. The topological polar surface area (TPSA) is 55.6 Å². The van der Waals surface area contributed by atoms with Crippen molar-refractivity contribution in [3.05, 3.63) is 0 Å². The van der Waals surface area contributed by atoms with Gasteiger partial charge in [-0.1, -0.05) is 0 Å². The van der Waals surface area contributed by atoms with Gasteiger partial charge in [0.1, 0.15) is 0 Å². The van der Waals surface area contributed by atoms with Gasteiger partial charge in [-0.2, -0.15) is 0 Å². The Balaban J connectivity index is 1.62. The molecule has 0 bridgehead atoms. The standard InChI is InChI=1S/C14H24N2O2/c15-12-5-3-11(4-6-12)14(17)16-7-8-18-9-13(16)10-1-2-10/h10-13H,1-9,15H2/t11?,12?,13-/m1/s1. The molecule has 3 aliphatic rings. The Hall–Kier alpha value is -0.610. The maximum absolute atomic E-state index is 12.6. The fraction of sp³-hybridized carbons (Fsp3) is 0.929. The van der Waals surface area contributed by atoms with E-state index in [9.17, 15) is 4.79 Å². The van der Waals surface area contributed by atoms with Gasteiger partial charge in [-0.05, 0) is 44.4 Å². The minimum Gasteiger partial charge on any atom is -0.377 e. The summed E-state index contributed by atoms with van der Waals surface area (Å²) in [5, 5.41) is 0. The lowest BCUT2D eigenvalue weighted by atomic mass is 9.85. The molecule has 2 saturated carbocycles. The molecule has 1 saturated heterocycles. The molecule has 2 N–H and O–H groups in total. The normalized spacial score (nSPS) is 37.6. The number of nitrogens with two attached hydrogens (primary N) is 1. The summed E-state index contributed by atoms with van der Waals surface area (Å²) in [6.45, 7) is 2.26. The van der Waals surface area contributed by atoms with Crippen LogP contribution in [0, 0.1) is 11.8 Å². The highest BCUT2D eigenvalue weighted by Gasteiger charge is 2.41. The van der Waals surface area contributed by atoms with E-state index in [0.29, 0.717) is 30.5 Å². The Morgan fingerprint density at radius 2 is 1.83 bits per heavy atom. The van der Waals surface area contributed by atoms with Crippen LogP contribution in [0.2, 0.25) is 0 Å². The fourth-order valence-electron chi connectivity index (χ4n) is 3.37. The molecule has 3 fully saturated rings. The maximum Gasteiger partial charge on any atom is 0.226 e. The largest absolute Gasteiger partial charge is 0.377 e. The Kier molecular flexibility index (Phi) is 3.57. The van der Waals surface area contributed by atoms with Gasteiger partial charge in [0.25, 0.3) is 0 Å². The summed E-state index contributed by atoms with van der Waals surface area (Å²) in [5.41, 5.74) is 5.92. The van der Waals surface area contributed by atoms with E-state index < -0.39 is 0 Å². The second-order valence-corrected chi connectivity index (χ2v) is 6.12. The molecule has 0 aromatic carbocycles. The van der Waals surface area contributed by atoms with Crippen LogP contribution >= 0.6 is 0 Å². The number of hydrogen-bond acceptors (Lipinski definition) is 3. The number of rotatable bonds is 2. The van der Waals surface area contributed by atoms with E-state index in [2.05, 4.69) is 4.90 Å². The smallest absolute Gasteiger partial charge is 0.226 e. The number of nitrogens with zero attached hydrogens (tertiary/aromatic N) is 1. The second kappa shape index (κ2) is 5.17. The van der Waals surface area contributed by atoms with Gasteiger partial charge in [0.2, 0.25) is 5.91 Å². The van der Waals surface area contributed by atoms with Crippen molar-refractivity contribution in [2.24, 2.45) is 17.6 Å². The Morgan fingerprint density at radius 3 is 2.50 bits per heavy atom. The lowest BCUT2D eigenvalue weighted by Gasteiger charge is -2.39. The van der Waals surface area contributed by atoms with Crippen molar-refractivity contribution in [2.75, 3.05) is 19.8 Å². The number of carbonyl (C=O) groups excluding carboxylic acids is 1. The van der Waals surface area contributed by atoms with Crippen molar-refractivity contribution in [3.63, 3.8) is 0 Å². The molecule has 18 heavy (non-hydrogen) atoms. The van der Waals surface area contributed by atoms with E-state index >= 15 is 0 Å². The summed E-state index contributed by atoms with van der Waals surface area (Å²) >= 11 is 0. The van der Waals surface area contributed by atoms with Gasteiger partial charge in [-0.15, -0.1) is 0 Å². The summed E-state index contributed by atoms with van der Waals surface area (Å²) in [7, 11) is 0. The van der Waals surface area contributed by atoms with Gasteiger partial charge < -0.3 is 15.4 Å². The number of amides is 1. The zero-order valence-corrected chi connectivity index (χ0v) is 11.0. The van der Waals surface area contributed by atoms with Gasteiger partial charge in [-0.3, -0.25) is 4.79 Å². The number of hydrogen-bond donors (Lipinski definition) is 1. The third-order valence-corrected chi connectivity index (χ3v) is 4.74. The van der Waals surface area contributed by atoms with Crippen LogP contribution < -0.4 is 5.73 Å². The van der Waals surface area contributed by atoms with Gasteiger partial charge in [0.15, 0.2) is 0 Å². The first-order valence-corrected chi connectivity index (χ1v) is 7.39. The minimum atomic E-state index is 0.226. The highest BCUT2D eigenvalue weighted by atomic mass is 16.5. The van der Waals surface area contributed by atoms with Crippen LogP contribution in [0.1, 0.15) is 38.5 Å². The van der Waals surface area contributed by atoms with Crippen molar-refractivity contribution >= 4 is 5.91 Å². The van der Waals surface area contributed by atoms with Crippen LogP contribution in [0.5, 0.6) is 0 Å².